The number of aromatic nitrogens is 2. The third-order valence-electron chi connectivity index (χ3n) is 3.31. The maximum absolute atomic E-state index is 12.3. The van der Waals surface area contributed by atoms with Crippen molar-refractivity contribution >= 4 is 5.91 Å². The SMILES string of the molecule is CCCNC(=O)c1c(C)cc(C)n1Cc1cccnc1. The van der Waals surface area contributed by atoms with Gasteiger partial charge in [0, 0.05) is 31.2 Å². The molecule has 1 N–H and O–H groups in total. The van der Waals surface area contributed by atoms with Crippen molar-refractivity contribution in [3.63, 3.8) is 0 Å². The lowest BCUT2D eigenvalue weighted by Gasteiger charge is -2.12. The highest BCUT2D eigenvalue weighted by Crippen LogP contribution is 2.17. The highest BCUT2D eigenvalue weighted by atomic mass is 16.1. The van der Waals surface area contributed by atoms with Gasteiger partial charge < -0.3 is 9.88 Å². The molecule has 2 aromatic heterocycles. The van der Waals surface area contributed by atoms with E-state index in [0.717, 1.165) is 28.9 Å². The normalized spacial score (nSPS) is 10.6. The zero-order valence-corrected chi connectivity index (χ0v) is 12.3. The molecular weight excluding hydrogens is 250 g/mol. The summed E-state index contributed by atoms with van der Waals surface area (Å²) >= 11 is 0. The predicted octanol–water partition coefficient (Wildman–Crippen LogP) is 2.69. The molecule has 2 heterocycles. The molecule has 0 aliphatic heterocycles. The highest BCUT2D eigenvalue weighted by Gasteiger charge is 2.17. The number of nitrogens with zero attached hydrogens (tertiary/aromatic N) is 2. The lowest BCUT2D eigenvalue weighted by molar-refractivity contribution is 0.0944. The first-order valence-electron chi connectivity index (χ1n) is 6.97. The molecule has 0 spiro atoms. The third kappa shape index (κ3) is 3.07. The minimum absolute atomic E-state index is 0.00124. The quantitative estimate of drug-likeness (QED) is 0.909. The van der Waals surface area contributed by atoms with Crippen LogP contribution < -0.4 is 5.32 Å². The summed E-state index contributed by atoms with van der Waals surface area (Å²) in [5.74, 6) is 0.00124. The van der Waals surface area contributed by atoms with E-state index in [1.54, 1.807) is 6.20 Å². The second-order valence-electron chi connectivity index (χ2n) is 5.02. The van der Waals surface area contributed by atoms with Crippen molar-refractivity contribution in [3.05, 3.63) is 53.1 Å². The molecular formula is C16H21N3O. The van der Waals surface area contributed by atoms with Gasteiger partial charge in [-0.15, -0.1) is 0 Å². The molecule has 20 heavy (non-hydrogen) atoms. The van der Waals surface area contributed by atoms with Gasteiger partial charge in [-0.1, -0.05) is 13.0 Å². The summed E-state index contributed by atoms with van der Waals surface area (Å²) < 4.78 is 2.05. The van der Waals surface area contributed by atoms with Crippen LogP contribution in [-0.4, -0.2) is 22.0 Å². The van der Waals surface area contributed by atoms with Crippen LogP contribution in [0.5, 0.6) is 0 Å². The maximum atomic E-state index is 12.3. The topological polar surface area (TPSA) is 46.9 Å². The molecule has 0 radical (unpaired) electrons. The molecule has 4 heteroatoms. The molecule has 106 valence electrons. The lowest BCUT2D eigenvalue weighted by atomic mass is 10.2. The van der Waals surface area contributed by atoms with Gasteiger partial charge in [-0.2, -0.15) is 0 Å². The number of carbonyl (C=O) groups is 1. The average molecular weight is 271 g/mol. The van der Waals surface area contributed by atoms with Crippen LogP contribution in [0.4, 0.5) is 0 Å². The van der Waals surface area contributed by atoms with E-state index in [4.69, 9.17) is 0 Å². The standard InChI is InChI=1S/C16H21N3O/c1-4-7-18-16(20)15-12(2)9-13(3)19(15)11-14-6-5-8-17-10-14/h5-6,8-10H,4,7,11H2,1-3H3,(H,18,20). The van der Waals surface area contributed by atoms with Crippen LogP contribution in [0.15, 0.2) is 30.6 Å². The van der Waals surface area contributed by atoms with E-state index >= 15 is 0 Å². The molecule has 0 saturated carbocycles. The summed E-state index contributed by atoms with van der Waals surface area (Å²) in [6.45, 7) is 7.43. The van der Waals surface area contributed by atoms with Gasteiger partial charge in [0.1, 0.15) is 5.69 Å². The Labute approximate surface area is 119 Å². The molecule has 4 nitrogen and oxygen atoms in total. The van der Waals surface area contributed by atoms with E-state index in [1.807, 2.05) is 39.1 Å². The number of aryl methyl sites for hydroxylation is 2. The summed E-state index contributed by atoms with van der Waals surface area (Å²) in [5, 5.41) is 2.95. The first-order valence-corrected chi connectivity index (χ1v) is 6.97. The first-order chi connectivity index (χ1) is 9.63. The van der Waals surface area contributed by atoms with Gasteiger partial charge in [0.05, 0.1) is 0 Å². The molecule has 1 amide bonds. The average Bonchev–Trinajstić information content (AvgIpc) is 2.72. The van der Waals surface area contributed by atoms with Crippen molar-refractivity contribution in [1.29, 1.82) is 0 Å². The minimum Gasteiger partial charge on any atom is -0.351 e. The Hall–Kier alpha value is -2.10. The summed E-state index contributed by atoms with van der Waals surface area (Å²) in [7, 11) is 0. The zero-order chi connectivity index (χ0) is 14.5. The highest BCUT2D eigenvalue weighted by molar-refractivity contribution is 5.94. The van der Waals surface area contributed by atoms with Gasteiger partial charge in [-0.25, -0.2) is 0 Å². The van der Waals surface area contributed by atoms with E-state index in [2.05, 4.69) is 20.9 Å². The number of rotatable bonds is 5. The molecule has 0 bridgehead atoms. The van der Waals surface area contributed by atoms with Gasteiger partial charge in [0.25, 0.3) is 5.91 Å². The largest absolute Gasteiger partial charge is 0.351 e. The van der Waals surface area contributed by atoms with Crippen LogP contribution in [0.2, 0.25) is 0 Å². The fourth-order valence-corrected chi connectivity index (χ4v) is 2.35. The van der Waals surface area contributed by atoms with E-state index in [-0.39, 0.29) is 5.91 Å². The van der Waals surface area contributed by atoms with Crippen LogP contribution in [0.1, 0.15) is 40.7 Å². The van der Waals surface area contributed by atoms with Gasteiger partial charge in [0.15, 0.2) is 0 Å². The molecule has 0 aliphatic carbocycles. The molecule has 0 unspecified atom stereocenters. The zero-order valence-electron chi connectivity index (χ0n) is 12.3. The van der Waals surface area contributed by atoms with Crippen molar-refractivity contribution in [2.45, 2.75) is 33.7 Å². The Kier molecular flexibility index (Phi) is 4.56. The Morgan fingerprint density at radius 3 is 2.85 bits per heavy atom. The van der Waals surface area contributed by atoms with Gasteiger partial charge in [0.2, 0.25) is 0 Å². The predicted molar refractivity (Wildman–Crippen MR) is 79.9 cm³/mol. The summed E-state index contributed by atoms with van der Waals surface area (Å²) in [6.07, 6.45) is 4.53. The number of pyridine rings is 1. The molecule has 0 aromatic carbocycles. The van der Waals surface area contributed by atoms with Gasteiger partial charge in [-0.3, -0.25) is 9.78 Å². The summed E-state index contributed by atoms with van der Waals surface area (Å²) in [4.78, 5) is 16.4. The number of hydrogen-bond donors (Lipinski definition) is 1. The van der Waals surface area contributed by atoms with E-state index in [0.29, 0.717) is 13.1 Å². The number of amides is 1. The Bertz CT molecular complexity index is 587. The Morgan fingerprint density at radius 1 is 1.40 bits per heavy atom. The van der Waals surface area contributed by atoms with E-state index < -0.39 is 0 Å². The van der Waals surface area contributed by atoms with Crippen LogP contribution >= 0.6 is 0 Å². The smallest absolute Gasteiger partial charge is 0.268 e. The molecule has 0 aliphatic rings. The van der Waals surface area contributed by atoms with E-state index in [9.17, 15) is 4.79 Å². The molecule has 0 atom stereocenters. The Morgan fingerprint density at radius 2 is 2.20 bits per heavy atom. The number of hydrogen-bond acceptors (Lipinski definition) is 2. The molecule has 2 aromatic rings. The summed E-state index contributed by atoms with van der Waals surface area (Å²) in [6, 6.07) is 5.99. The second-order valence-corrected chi connectivity index (χ2v) is 5.02. The fraction of sp³-hybridized carbons (Fsp3) is 0.375. The van der Waals surface area contributed by atoms with Crippen LogP contribution in [0, 0.1) is 13.8 Å². The first kappa shape index (κ1) is 14.3. The fourth-order valence-electron chi connectivity index (χ4n) is 2.35. The van der Waals surface area contributed by atoms with Crippen molar-refractivity contribution in [3.8, 4) is 0 Å². The van der Waals surface area contributed by atoms with Crippen molar-refractivity contribution in [2.75, 3.05) is 6.54 Å². The van der Waals surface area contributed by atoms with Gasteiger partial charge >= 0.3 is 0 Å². The summed E-state index contributed by atoms with van der Waals surface area (Å²) in [5.41, 5.74) is 3.95. The second kappa shape index (κ2) is 6.37. The number of carbonyl (C=O) groups excluding carboxylic acids is 1. The monoisotopic (exact) mass is 271 g/mol. The Balaban J connectivity index is 2.30. The lowest BCUT2D eigenvalue weighted by Crippen LogP contribution is -2.27. The van der Waals surface area contributed by atoms with Crippen molar-refractivity contribution in [1.82, 2.24) is 14.9 Å². The van der Waals surface area contributed by atoms with Crippen LogP contribution in [0.3, 0.4) is 0 Å². The molecule has 0 saturated heterocycles. The van der Waals surface area contributed by atoms with Crippen molar-refractivity contribution in [2.24, 2.45) is 0 Å². The van der Waals surface area contributed by atoms with Crippen LogP contribution in [-0.2, 0) is 6.54 Å². The van der Waals surface area contributed by atoms with Gasteiger partial charge in [-0.05, 0) is 43.5 Å². The van der Waals surface area contributed by atoms with Crippen LogP contribution in [0.25, 0.3) is 0 Å². The van der Waals surface area contributed by atoms with E-state index in [1.165, 1.54) is 0 Å². The molecule has 0 fully saturated rings. The molecule has 2 rings (SSSR count). The number of nitrogens with one attached hydrogen (secondary N) is 1. The maximum Gasteiger partial charge on any atom is 0.268 e. The van der Waals surface area contributed by atoms with Crippen molar-refractivity contribution < 1.29 is 4.79 Å². The third-order valence-corrected chi connectivity index (χ3v) is 3.31. The minimum atomic E-state index is 0.00124.